The topological polar surface area (TPSA) is 53.1 Å². The van der Waals surface area contributed by atoms with Crippen molar-refractivity contribution < 1.29 is 4.74 Å². The lowest BCUT2D eigenvalue weighted by molar-refractivity contribution is -0.0502. The van der Waals surface area contributed by atoms with Crippen molar-refractivity contribution in [1.82, 2.24) is 9.78 Å². The van der Waals surface area contributed by atoms with Crippen LogP contribution in [0.4, 0.5) is 5.82 Å². The standard InChI is InChI=1S/C10H16BrN3O/c1-6-3-8(4-7(2)15-6)14-10(12)9(11)5-13-14/h5-8H,3-4,12H2,1-2H3. The quantitative estimate of drug-likeness (QED) is 0.855. The fraction of sp³-hybridized carbons (Fsp3) is 0.700. The van der Waals surface area contributed by atoms with Crippen molar-refractivity contribution >= 4 is 21.7 Å². The van der Waals surface area contributed by atoms with Gasteiger partial charge < -0.3 is 10.5 Å². The van der Waals surface area contributed by atoms with Crippen LogP contribution in [0.2, 0.25) is 0 Å². The maximum atomic E-state index is 5.94. The molecule has 1 fully saturated rings. The second-order valence-electron chi connectivity index (χ2n) is 4.20. The maximum Gasteiger partial charge on any atom is 0.136 e. The van der Waals surface area contributed by atoms with Gasteiger partial charge in [0.05, 0.1) is 28.9 Å². The lowest BCUT2D eigenvalue weighted by Crippen LogP contribution is -2.31. The average molecular weight is 274 g/mol. The van der Waals surface area contributed by atoms with Gasteiger partial charge in [0.25, 0.3) is 0 Å². The molecule has 1 aliphatic heterocycles. The predicted molar refractivity (Wildman–Crippen MR) is 62.6 cm³/mol. The van der Waals surface area contributed by atoms with Crippen LogP contribution < -0.4 is 5.73 Å². The molecule has 2 rings (SSSR count). The minimum atomic E-state index is 0.279. The number of rotatable bonds is 1. The molecule has 1 aliphatic rings. The molecule has 0 spiro atoms. The van der Waals surface area contributed by atoms with Gasteiger partial charge >= 0.3 is 0 Å². The summed E-state index contributed by atoms with van der Waals surface area (Å²) >= 11 is 3.37. The van der Waals surface area contributed by atoms with Crippen molar-refractivity contribution in [2.75, 3.05) is 5.73 Å². The molecule has 84 valence electrons. The molecule has 0 aliphatic carbocycles. The summed E-state index contributed by atoms with van der Waals surface area (Å²) in [5.41, 5.74) is 5.94. The molecule has 2 unspecified atom stereocenters. The van der Waals surface area contributed by atoms with E-state index in [1.165, 1.54) is 0 Å². The van der Waals surface area contributed by atoms with Crippen molar-refractivity contribution in [2.24, 2.45) is 0 Å². The molecular weight excluding hydrogens is 258 g/mol. The number of hydrogen-bond acceptors (Lipinski definition) is 3. The molecule has 2 atom stereocenters. The van der Waals surface area contributed by atoms with E-state index in [0.717, 1.165) is 17.3 Å². The normalized spacial score (nSPS) is 31.8. The number of aromatic nitrogens is 2. The van der Waals surface area contributed by atoms with Crippen molar-refractivity contribution in [1.29, 1.82) is 0 Å². The highest BCUT2D eigenvalue weighted by atomic mass is 79.9. The highest BCUT2D eigenvalue weighted by Crippen LogP contribution is 2.32. The number of nitrogens with zero attached hydrogens (tertiary/aromatic N) is 2. The first-order valence-corrected chi connectivity index (χ1v) is 6.01. The minimum absolute atomic E-state index is 0.279. The van der Waals surface area contributed by atoms with Crippen LogP contribution in [-0.2, 0) is 4.74 Å². The molecule has 1 aromatic heterocycles. The Hall–Kier alpha value is -0.550. The fourth-order valence-electron chi connectivity index (χ4n) is 2.21. The van der Waals surface area contributed by atoms with E-state index in [1.54, 1.807) is 6.20 Å². The molecule has 0 bridgehead atoms. The van der Waals surface area contributed by atoms with E-state index in [1.807, 2.05) is 4.68 Å². The Kier molecular flexibility index (Phi) is 3.02. The SMILES string of the molecule is CC1CC(n2ncc(Br)c2N)CC(C)O1. The summed E-state index contributed by atoms with van der Waals surface area (Å²) in [7, 11) is 0. The second-order valence-corrected chi connectivity index (χ2v) is 5.06. The molecule has 5 heteroatoms. The molecule has 1 saturated heterocycles. The van der Waals surface area contributed by atoms with E-state index in [-0.39, 0.29) is 12.2 Å². The average Bonchev–Trinajstić information content (AvgIpc) is 2.46. The van der Waals surface area contributed by atoms with Gasteiger partial charge in [0, 0.05) is 0 Å². The molecule has 0 radical (unpaired) electrons. The molecule has 0 amide bonds. The molecule has 15 heavy (non-hydrogen) atoms. The zero-order valence-corrected chi connectivity index (χ0v) is 10.6. The van der Waals surface area contributed by atoms with Gasteiger partial charge in [-0.25, -0.2) is 4.68 Å². The van der Waals surface area contributed by atoms with Crippen LogP contribution in [0.1, 0.15) is 32.7 Å². The Morgan fingerprint density at radius 3 is 2.53 bits per heavy atom. The van der Waals surface area contributed by atoms with E-state index in [0.29, 0.717) is 11.9 Å². The van der Waals surface area contributed by atoms with Crippen LogP contribution in [0.25, 0.3) is 0 Å². The van der Waals surface area contributed by atoms with Gasteiger partial charge in [0.2, 0.25) is 0 Å². The van der Waals surface area contributed by atoms with Gasteiger partial charge in [-0.05, 0) is 42.6 Å². The first-order valence-electron chi connectivity index (χ1n) is 5.22. The minimum Gasteiger partial charge on any atom is -0.383 e. The first kappa shape index (κ1) is 11.0. The van der Waals surface area contributed by atoms with E-state index in [9.17, 15) is 0 Å². The van der Waals surface area contributed by atoms with E-state index in [2.05, 4.69) is 34.9 Å². The van der Waals surface area contributed by atoms with Crippen molar-refractivity contribution in [3.63, 3.8) is 0 Å². The van der Waals surface area contributed by atoms with Crippen LogP contribution in [-0.4, -0.2) is 22.0 Å². The first-order chi connectivity index (χ1) is 7.08. The van der Waals surface area contributed by atoms with Crippen molar-refractivity contribution in [2.45, 2.75) is 44.9 Å². The number of hydrogen-bond donors (Lipinski definition) is 1. The van der Waals surface area contributed by atoms with Crippen LogP contribution in [0.5, 0.6) is 0 Å². The molecule has 4 nitrogen and oxygen atoms in total. The molecule has 0 aromatic carbocycles. The number of halogens is 1. The van der Waals surface area contributed by atoms with Gasteiger partial charge in [-0.3, -0.25) is 0 Å². The summed E-state index contributed by atoms with van der Waals surface area (Å²) in [5.74, 6) is 0.710. The Labute approximate surface area is 97.9 Å². The molecule has 0 saturated carbocycles. The summed E-state index contributed by atoms with van der Waals surface area (Å²) in [6.07, 6.45) is 4.26. The highest BCUT2D eigenvalue weighted by Gasteiger charge is 2.27. The Morgan fingerprint density at radius 1 is 1.47 bits per heavy atom. The largest absolute Gasteiger partial charge is 0.383 e. The number of nitrogens with two attached hydrogens (primary N) is 1. The van der Waals surface area contributed by atoms with Gasteiger partial charge in [-0.1, -0.05) is 0 Å². The van der Waals surface area contributed by atoms with Crippen LogP contribution in [0.15, 0.2) is 10.7 Å². The number of anilines is 1. The third kappa shape index (κ3) is 2.18. The Morgan fingerprint density at radius 2 is 2.07 bits per heavy atom. The second kappa shape index (κ2) is 4.14. The lowest BCUT2D eigenvalue weighted by atomic mass is 10.0. The van der Waals surface area contributed by atoms with Crippen molar-refractivity contribution in [3.8, 4) is 0 Å². The summed E-state index contributed by atoms with van der Waals surface area (Å²) in [5, 5.41) is 4.30. The smallest absolute Gasteiger partial charge is 0.136 e. The summed E-state index contributed by atoms with van der Waals surface area (Å²) in [6, 6.07) is 0.357. The van der Waals surface area contributed by atoms with Crippen LogP contribution in [0, 0.1) is 0 Å². The maximum absolute atomic E-state index is 5.94. The lowest BCUT2D eigenvalue weighted by Gasteiger charge is -2.32. The zero-order chi connectivity index (χ0) is 11.0. The zero-order valence-electron chi connectivity index (χ0n) is 8.98. The summed E-state index contributed by atoms with van der Waals surface area (Å²) in [4.78, 5) is 0. The summed E-state index contributed by atoms with van der Waals surface area (Å²) in [6.45, 7) is 4.19. The van der Waals surface area contributed by atoms with E-state index >= 15 is 0 Å². The third-order valence-corrected chi connectivity index (χ3v) is 3.42. The van der Waals surface area contributed by atoms with E-state index in [4.69, 9.17) is 10.5 Å². The van der Waals surface area contributed by atoms with Gasteiger partial charge in [-0.2, -0.15) is 5.10 Å². The molecule has 2 heterocycles. The number of ether oxygens (including phenoxy) is 1. The van der Waals surface area contributed by atoms with Crippen molar-refractivity contribution in [3.05, 3.63) is 10.7 Å². The molecule has 2 N–H and O–H groups in total. The predicted octanol–water partition coefficient (Wildman–Crippen LogP) is 2.36. The van der Waals surface area contributed by atoms with Gasteiger partial charge in [0.15, 0.2) is 0 Å². The third-order valence-electron chi connectivity index (χ3n) is 2.81. The molecular formula is C10H16BrN3O. The van der Waals surface area contributed by atoms with Gasteiger partial charge in [0.1, 0.15) is 5.82 Å². The number of nitrogen functional groups attached to an aromatic ring is 1. The Bertz CT molecular complexity index is 342. The van der Waals surface area contributed by atoms with Crippen LogP contribution >= 0.6 is 15.9 Å². The monoisotopic (exact) mass is 273 g/mol. The summed E-state index contributed by atoms with van der Waals surface area (Å²) < 4.78 is 8.46. The van der Waals surface area contributed by atoms with E-state index < -0.39 is 0 Å². The molecule has 1 aromatic rings. The Balaban J connectivity index is 2.20. The highest BCUT2D eigenvalue weighted by molar-refractivity contribution is 9.10. The fourth-order valence-corrected chi connectivity index (χ4v) is 2.48. The van der Waals surface area contributed by atoms with Crippen LogP contribution in [0.3, 0.4) is 0 Å². The van der Waals surface area contributed by atoms with Gasteiger partial charge in [-0.15, -0.1) is 0 Å².